The van der Waals surface area contributed by atoms with E-state index in [1.54, 1.807) is 12.2 Å². The van der Waals surface area contributed by atoms with Crippen LogP contribution in [0.2, 0.25) is 0 Å². The Morgan fingerprint density at radius 2 is 0.609 bits per heavy atom. The quantitative estimate of drug-likeness (QED) is 0.0246. The van der Waals surface area contributed by atoms with Crippen molar-refractivity contribution in [1.82, 2.24) is 9.80 Å². The lowest BCUT2D eigenvalue weighted by Crippen LogP contribution is -2.40. The normalized spacial score (nSPS) is 11.8. The molecule has 0 fully saturated rings. The van der Waals surface area contributed by atoms with Gasteiger partial charge in [0, 0.05) is 5.92 Å². The largest absolute Gasteiger partial charge is 0.465 e. The van der Waals surface area contributed by atoms with Crippen LogP contribution in [0, 0.1) is 5.92 Å². The Balaban J connectivity index is 5.03. The molecule has 0 saturated carbocycles. The smallest absolute Gasteiger partial charge is 0.320 e. The lowest BCUT2D eigenvalue weighted by Gasteiger charge is -2.20. The van der Waals surface area contributed by atoms with Gasteiger partial charge in [-0.1, -0.05) is 175 Å². The van der Waals surface area contributed by atoms with Crippen LogP contribution in [0.15, 0.2) is 12.2 Å². The molecule has 0 saturated heterocycles. The van der Waals surface area contributed by atoms with Crippen molar-refractivity contribution in [3.8, 4) is 0 Å². The van der Waals surface area contributed by atoms with Gasteiger partial charge < -0.3 is 28.4 Å². The average Bonchev–Trinajstić information content (AvgIpc) is 3.25. The van der Waals surface area contributed by atoms with Crippen LogP contribution in [-0.2, 0) is 57.2 Å². The van der Waals surface area contributed by atoms with E-state index in [0.29, 0.717) is 0 Å². The number of nitrogens with zero attached hydrogens (tertiary/aromatic N) is 2. The lowest BCUT2D eigenvalue weighted by molar-refractivity contribution is -0.154. The summed E-state index contributed by atoms with van der Waals surface area (Å²) in [5.41, 5.74) is 0. The van der Waals surface area contributed by atoms with E-state index in [1.165, 1.54) is 35.5 Å². The first-order chi connectivity index (χ1) is 31.0. The van der Waals surface area contributed by atoms with Gasteiger partial charge in [0.1, 0.15) is 6.61 Å². The molecule has 0 aromatic rings. The van der Waals surface area contributed by atoms with Gasteiger partial charge in [0.15, 0.2) is 0 Å². The van der Waals surface area contributed by atoms with Gasteiger partial charge in [-0.25, -0.2) is 0 Å². The molecule has 1 unspecified atom stereocenters. The molecular weight excluding hydrogens is 821 g/mol. The highest BCUT2D eigenvalue weighted by atomic mass is 16.6. The molecule has 64 heavy (non-hydrogen) atoms. The third-order valence-corrected chi connectivity index (χ3v) is 10.5. The molecular formula is C50H90N2O12. The van der Waals surface area contributed by atoms with E-state index in [4.69, 9.17) is 28.4 Å². The van der Waals surface area contributed by atoms with Crippen LogP contribution >= 0.6 is 0 Å². The summed E-state index contributed by atoms with van der Waals surface area (Å²) in [6.45, 7) is 9.88. The van der Waals surface area contributed by atoms with Crippen molar-refractivity contribution >= 4 is 35.8 Å². The SMILES string of the molecule is CCCCCCCCOC(=O)CN(CC(=O)OC/C=C\C(C)COC(=O)CN(CC(=O)OCCCCCCCC)CC(=O)OCCCCCCCC)CC(=O)OCCCCCCCC. The van der Waals surface area contributed by atoms with Crippen molar-refractivity contribution in [3.63, 3.8) is 0 Å². The fourth-order valence-corrected chi connectivity index (χ4v) is 6.69. The maximum absolute atomic E-state index is 12.9. The van der Waals surface area contributed by atoms with E-state index in [2.05, 4.69) is 27.7 Å². The Hall–Kier alpha value is -3.52. The summed E-state index contributed by atoms with van der Waals surface area (Å²) in [7, 11) is 0. The Bertz CT molecular complexity index is 1170. The van der Waals surface area contributed by atoms with Crippen LogP contribution in [0.25, 0.3) is 0 Å². The number of hydrogen-bond donors (Lipinski definition) is 0. The number of carbonyl (C=O) groups excluding carboxylic acids is 6. The highest BCUT2D eigenvalue weighted by molar-refractivity contribution is 5.79. The number of hydrogen-bond acceptors (Lipinski definition) is 14. The molecule has 372 valence electrons. The molecule has 0 heterocycles. The molecule has 0 aromatic heterocycles. The predicted molar refractivity (Wildman–Crippen MR) is 250 cm³/mol. The van der Waals surface area contributed by atoms with Crippen molar-refractivity contribution in [2.75, 3.05) is 78.9 Å². The highest BCUT2D eigenvalue weighted by Crippen LogP contribution is 2.09. The van der Waals surface area contributed by atoms with E-state index in [-0.39, 0.29) is 84.8 Å². The fourth-order valence-electron chi connectivity index (χ4n) is 6.69. The lowest BCUT2D eigenvalue weighted by atomic mass is 10.1. The average molecular weight is 911 g/mol. The topological polar surface area (TPSA) is 164 Å². The van der Waals surface area contributed by atoms with Gasteiger partial charge in [-0.2, -0.15) is 0 Å². The molecule has 14 nitrogen and oxygen atoms in total. The molecule has 0 amide bonds. The zero-order chi connectivity index (χ0) is 47.3. The molecule has 1 atom stereocenters. The maximum Gasteiger partial charge on any atom is 0.320 e. The minimum absolute atomic E-state index is 0.0115. The van der Waals surface area contributed by atoms with Gasteiger partial charge in [0.05, 0.1) is 72.3 Å². The molecule has 0 aliphatic carbocycles. The summed E-state index contributed by atoms with van der Waals surface area (Å²) in [4.78, 5) is 79.0. The second kappa shape index (κ2) is 44.7. The molecule has 0 radical (unpaired) electrons. The molecule has 0 bridgehead atoms. The van der Waals surface area contributed by atoms with E-state index in [9.17, 15) is 28.8 Å². The fraction of sp³-hybridized carbons (Fsp3) is 0.840. The Kier molecular flexibility index (Phi) is 42.2. The van der Waals surface area contributed by atoms with E-state index in [1.807, 2.05) is 6.92 Å². The summed E-state index contributed by atoms with van der Waals surface area (Å²) >= 11 is 0. The minimum atomic E-state index is -0.632. The van der Waals surface area contributed by atoms with Gasteiger partial charge in [0.2, 0.25) is 0 Å². The molecule has 0 N–H and O–H groups in total. The van der Waals surface area contributed by atoms with Crippen molar-refractivity contribution < 1.29 is 57.2 Å². The monoisotopic (exact) mass is 911 g/mol. The molecule has 0 spiro atoms. The second-order valence-electron chi connectivity index (χ2n) is 17.0. The summed E-state index contributed by atoms with van der Waals surface area (Å²) in [6, 6.07) is 0. The first-order valence-corrected chi connectivity index (χ1v) is 25.1. The van der Waals surface area contributed by atoms with Crippen LogP contribution in [0.4, 0.5) is 0 Å². The summed E-state index contributed by atoms with van der Waals surface area (Å²) in [5.74, 6) is -3.59. The van der Waals surface area contributed by atoms with Gasteiger partial charge in [-0.3, -0.25) is 38.6 Å². The van der Waals surface area contributed by atoms with Crippen molar-refractivity contribution in [1.29, 1.82) is 0 Å². The Morgan fingerprint density at radius 1 is 0.359 bits per heavy atom. The number of unbranched alkanes of at least 4 members (excludes halogenated alkanes) is 20. The predicted octanol–water partition coefficient (Wildman–Crippen LogP) is 9.48. The van der Waals surface area contributed by atoms with Gasteiger partial charge in [-0.05, 0) is 25.7 Å². The third-order valence-electron chi connectivity index (χ3n) is 10.5. The van der Waals surface area contributed by atoms with E-state index < -0.39 is 35.8 Å². The highest BCUT2D eigenvalue weighted by Gasteiger charge is 2.22. The summed E-state index contributed by atoms with van der Waals surface area (Å²) in [6.07, 6.45) is 28.6. The number of rotatable bonds is 45. The Labute approximate surface area is 387 Å². The molecule has 14 heteroatoms. The standard InChI is InChI=1S/C50H90N2O12/c1-6-10-14-18-22-26-32-59-45(53)37-51(38-46(54)60-33-27-23-19-15-11-7-2)41-49(57)63-36-30-31-44(5)43-64-50(58)42-52(39-47(55)61-34-28-24-20-16-12-8-3)40-48(56)62-35-29-25-21-17-13-9-4/h30-31,44H,6-29,32-43H2,1-5H3/b31-30-. The van der Waals surface area contributed by atoms with Crippen LogP contribution in [0.5, 0.6) is 0 Å². The van der Waals surface area contributed by atoms with Crippen LogP contribution in [-0.4, -0.2) is 125 Å². The number of carbonyl (C=O) groups is 6. The molecule has 0 rings (SSSR count). The van der Waals surface area contributed by atoms with Crippen molar-refractivity contribution in [2.45, 2.75) is 189 Å². The maximum atomic E-state index is 12.9. The molecule has 0 aromatic carbocycles. The van der Waals surface area contributed by atoms with Crippen molar-refractivity contribution in [2.24, 2.45) is 5.92 Å². The second-order valence-corrected chi connectivity index (χ2v) is 17.0. The van der Waals surface area contributed by atoms with Gasteiger partial charge in [-0.15, -0.1) is 0 Å². The first-order valence-electron chi connectivity index (χ1n) is 25.1. The van der Waals surface area contributed by atoms with Crippen LogP contribution in [0.1, 0.15) is 189 Å². The number of ether oxygens (including phenoxy) is 6. The van der Waals surface area contributed by atoms with Crippen molar-refractivity contribution in [3.05, 3.63) is 12.2 Å². The Morgan fingerprint density at radius 3 is 0.906 bits per heavy atom. The van der Waals surface area contributed by atoms with Gasteiger partial charge >= 0.3 is 35.8 Å². The van der Waals surface area contributed by atoms with E-state index >= 15 is 0 Å². The molecule has 0 aliphatic rings. The van der Waals surface area contributed by atoms with Crippen LogP contribution < -0.4 is 0 Å². The zero-order valence-corrected chi connectivity index (χ0v) is 41.0. The third kappa shape index (κ3) is 41.2. The van der Waals surface area contributed by atoms with Crippen LogP contribution in [0.3, 0.4) is 0 Å². The minimum Gasteiger partial charge on any atom is -0.465 e. The summed E-state index contributed by atoms with van der Waals surface area (Å²) < 4.78 is 32.4. The van der Waals surface area contributed by atoms with E-state index in [0.717, 1.165) is 128 Å². The zero-order valence-electron chi connectivity index (χ0n) is 41.0. The number of esters is 6. The van der Waals surface area contributed by atoms with Gasteiger partial charge in [0.25, 0.3) is 0 Å². The summed E-state index contributed by atoms with van der Waals surface area (Å²) in [5, 5.41) is 0. The molecule has 0 aliphatic heterocycles. The first kappa shape index (κ1) is 60.5.